The highest BCUT2D eigenvalue weighted by Crippen LogP contribution is 2.68. The first-order valence-electron chi connectivity index (χ1n) is 17.8. The summed E-state index contributed by atoms with van der Waals surface area (Å²) >= 11 is 0. The maximum atomic E-state index is 14.3. The molecule has 0 radical (unpaired) electrons. The molecule has 6 unspecified atom stereocenters. The first-order chi connectivity index (χ1) is 22.1. The zero-order chi connectivity index (χ0) is 32.9. The number of rotatable bonds is 7. The second-order valence-electron chi connectivity index (χ2n) is 18.2. The quantitative estimate of drug-likeness (QED) is 0.293. The molecule has 12 aliphatic carbocycles. The number of methoxy groups -OCH3 is 1. The number of carbonyl (C=O) groups is 7. The van der Waals surface area contributed by atoms with Gasteiger partial charge in [-0.2, -0.15) is 0 Å². The summed E-state index contributed by atoms with van der Waals surface area (Å²) in [6.07, 6.45) is 6.89. The Morgan fingerprint density at radius 2 is 1.02 bits per heavy atom. The van der Waals surface area contributed by atoms with Crippen molar-refractivity contribution in [2.45, 2.75) is 121 Å². The molecule has 0 aromatic carbocycles. The first-order valence-corrected chi connectivity index (χ1v) is 17.8. The molecule has 12 saturated carbocycles. The second-order valence-corrected chi connectivity index (χ2v) is 18.2. The van der Waals surface area contributed by atoms with Crippen LogP contribution >= 0.6 is 0 Å². The van der Waals surface area contributed by atoms with Gasteiger partial charge in [-0.3, -0.25) is 33.6 Å². The van der Waals surface area contributed by atoms with Crippen molar-refractivity contribution in [2.24, 2.45) is 57.2 Å². The van der Waals surface area contributed by atoms with Gasteiger partial charge >= 0.3 is 17.9 Å². The van der Waals surface area contributed by atoms with Crippen molar-refractivity contribution >= 4 is 41.0 Å². The molecule has 10 heteroatoms. The van der Waals surface area contributed by atoms with Crippen molar-refractivity contribution in [1.82, 2.24) is 0 Å². The van der Waals surface area contributed by atoms with E-state index in [9.17, 15) is 33.6 Å². The summed E-state index contributed by atoms with van der Waals surface area (Å²) in [5.41, 5.74) is -4.54. The van der Waals surface area contributed by atoms with Crippen molar-refractivity contribution in [3.8, 4) is 0 Å². The Bertz CT molecular complexity index is 1520. The van der Waals surface area contributed by atoms with Crippen LogP contribution in [-0.2, 0) is 47.8 Å². The minimum absolute atomic E-state index is 0.0199. The van der Waals surface area contributed by atoms with Crippen LogP contribution in [0.1, 0.15) is 110 Å². The number of esters is 3. The molecule has 0 aromatic rings. The van der Waals surface area contributed by atoms with E-state index in [2.05, 4.69) is 0 Å². The van der Waals surface area contributed by atoms with Gasteiger partial charge in [0.05, 0.1) is 22.9 Å². The van der Waals surface area contributed by atoms with Crippen LogP contribution in [0.3, 0.4) is 0 Å². The molecule has 6 atom stereocenters. The Morgan fingerprint density at radius 3 is 1.53 bits per heavy atom. The van der Waals surface area contributed by atoms with Crippen LogP contribution in [-0.4, -0.2) is 59.4 Å². The normalized spacial score (nSPS) is 51.1. The van der Waals surface area contributed by atoms with Crippen molar-refractivity contribution in [1.29, 1.82) is 0 Å². The fourth-order valence-corrected chi connectivity index (χ4v) is 13.9. The van der Waals surface area contributed by atoms with Crippen molar-refractivity contribution < 1.29 is 47.8 Å². The van der Waals surface area contributed by atoms with Crippen molar-refractivity contribution in [3.63, 3.8) is 0 Å². The number of ketones is 4. The zero-order valence-electron chi connectivity index (χ0n) is 27.4. The monoisotopic (exact) mass is 648 g/mol. The lowest BCUT2D eigenvalue weighted by Gasteiger charge is -2.61. The molecule has 0 saturated heterocycles. The fraction of sp³-hybridized carbons (Fsp3) is 0.811. The molecule has 12 fully saturated rings. The molecule has 10 nitrogen and oxygen atoms in total. The molecule has 12 bridgehead atoms. The van der Waals surface area contributed by atoms with Crippen LogP contribution < -0.4 is 0 Å². The van der Waals surface area contributed by atoms with Gasteiger partial charge in [0.1, 0.15) is 28.7 Å². The average molecular weight is 649 g/mol. The number of Topliss-reactive ketones (excluding diaryl/α,β-unsaturated/α-hetero) is 4. The van der Waals surface area contributed by atoms with Crippen LogP contribution in [0.2, 0.25) is 0 Å². The van der Waals surface area contributed by atoms with Gasteiger partial charge in [-0.1, -0.05) is 0 Å². The molecule has 0 aromatic heterocycles. The molecule has 12 rings (SSSR count). The standard InChI is InChI=1S/C37H44O10/c1-19(38)33-5-20-3-32(16-33,4-21(6-33)27(20)40)15-26(39)46-30(43)34-7-22-9-35(17-34,10-23(8-34)28(22)41)31(44)47-37-13-24-11-36(18-37,45-2)12-25(14-37)29(24)42/h20-25H,3-18H2,1-2H3. The lowest BCUT2D eigenvalue weighted by atomic mass is 9.42. The molecular formula is C37H44O10. The Hall–Kier alpha value is -2.75. The van der Waals surface area contributed by atoms with Gasteiger partial charge in [0.15, 0.2) is 0 Å². The first kappa shape index (κ1) is 30.3. The zero-order valence-corrected chi connectivity index (χ0v) is 27.4. The third-order valence-corrected chi connectivity index (χ3v) is 15.2. The number of carbonyl (C=O) groups excluding carboxylic acids is 7. The van der Waals surface area contributed by atoms with Crippen LogP contribution in [0.15, 0.2) is 0 Å². The lowest BCUT2D eigenvalue weighted by Crippen LogP contribution is -2.66. The van der Waals surface area contributed by atoms with Gasteiger partial charge in [0.25, 0.3) is 0 Å². The van der Waals surface area contributed by atoms with Crippen LogP contribution in [0, 0.1) is 57.2 Å². The molecule has 0 heterocycles. The molecular weight excluding hydrogens is 604 g/mol. The smallest absolute Gasteiger partial charge is 0.319 e. The minimum atomic E-state index is -1.13. The molecule has 252 valence electrons. The second kappa shape index (κ2) is 9.27. The van der Waals surface area contributed by atoms with Crippen LogP contribution in [0.4, 0.5) is 0 Å². The lowest BCUT2D eigenvalue weighted by molar-refractivity contribution is -0.235. The number of ether oxygens (including phenoxy) is 3. The van der Waals surface area contributed by atoms with E-state index in [0.717, 1.165) is 0 Å². The fourth-order valence-electron chi connectivity index (χ4n) is 13.9. The van der Waals surface area contributed by atoms with Gasteiger partial charge < -0.3 is 14.2 Å². The minimum Gasteiger partial charge on any atom is -0.458 e. The van der Waals surface area contributed by atoms with E-state index >= 15 is 0 Å². The highest BCUT2D eigenvalue weighted by atomic mass is 16.6. The van der Waals surface area contributed by atoms with Gasteiger partial charge in [-0.05, 0) is 102 Å². The Morgan fingerprint density at radius 1 is 0.574 bits per heavy atom. The molecule has 47 heavy (non-hydrogen) atoms. The van der Waals surface area contributed by atoms with E-state index in [1.165, 1.54) is 0 Å². The molecule has 0 N–H and O–H groups in total. The summed E-state index contributed by atoms with van der Waals surface area (Å²) < 4.78 is 18.1. The SMILES string of the molecule is COC12CC3CC(OC(=O)C45CC6CC(C(=O)OC(=O)CC78CC9CC(C(C)=O)(CC(C7)C9=O)C8)(CC(C4)C6=O)C5)(CC(C1)C3=O)C2. The topological polar surface area (TPSA) is 147 Å². The van der Waals surface area contributed by atoms with E-state index in [1.807, 2.05) is 0 Å². The van der Waals surface area contributed by atoms with E-state index in [1.54, 1.807) is 14.0 Å². The van der Waals surface area contributed by atoms with Crippen LogP contribution in [0.25, 0.3) is 0 Å². The Balaban J connectivity index is 0.938. The number of hydrogen-bond acceptors (Lipinski definition) is 10. The summed E-state index contributed by atoms with van der Waals surface area (Å²) in [4.78, 5) is 93.8. The Kier molecular flexibility index (Phi) is 5.98. The highest BCUT2D eigenvalue weighted by Gasteiger charge is 2.70. The third-order valence-electron chi connectivity index (χ3n) is 15.2. The maximum absolute atomic E-state index is 14.3. The van der Waals surface area contributed by atoms with Gasteiger partial charge in [0.2, 0.25) is 0 Å². The predicted octanol–water partition coefficient (Wildman–Crippen LogP) is 4.03. The van der Waals surface area contributed by atoms with Gasteiger partial charge in [-0.25, -0.2) is 0 Å². The molecule has 0 aliphatic heterocycles. The summed E-state index contributed by atoms with van der Waals surface area (Å²) in [6, 6.07) is 0. The summed E-state index contributed by atoms with van der Waals surface area (Å²) in [5.74, 6) is -2.89. The summed E-state index contributed by atoms with van der Waals surface area (Å²) in [7, 11) is 1.67. The van der Waals surface area contributed by atoms with Crippen molar-refractivity contribution in [2.75, 3.05) is 7.11 Å². The molecule has 0 spiro atoms. The highest BCUT2D eigenvalue weighted by molar-refractivity contribution is 5.97. The largest absolute Gasteiger partial charge is 0.458 e. The molecule has 0 amide bonds. The maximum Gasteiger partial charge on any atom is 0.319 e. The van der Waals surface area contributed by atoms with Crippen molar-refractivity contribution in [3.05, 3.63) is 0 Å². The average Bonchev–Trinajstić information content (AvgIpc) is 2.99. The van der Waals surface area contributed by atoms with E-state index in [0.29, 0.717) is 77.0 Å². The summed E-state index contributed by atoms with van der Waals surface area (Å²) in [5, 5.41) is 0. The van der Waals surface area contributed by atoms with Gasteiger partial charge in [-0.15, -0.1) is 0 Å². The van der Waals surface area contributed by atoms with E-state index in [4.69, 9.17) is 14.2 Å². The van der Waals surface area contributed by atoms with Crippen LogP contribution in [0.5, 0.6) is 0 Å². The molecule has 12 aliphatic rings. The van der Waals surface area contributed by atoms with E-state index in [-0.39, 0.29) is 72.5 Å². The summed E-state index contributed by atoms with van der Waals surface area (Å²) in [6.45, 7) is 1.58. The Labute approximate surface area is 273 Å². The predicted molar refractivity (Wildman–Crippen MR) is 160 cm³/mol. The number of hydrogen-bond donors (Lipinski definition) is 0. The van der Waals surface area contributed by atoms with E-state index < -0.39 is 62.6 Å². The third kappa shape index (κ3) is 4.08. The van der Waals surface area contributed by atoms with Gasteiger partial charge in [0, 0.05) is 54.5 Å².